The fourth-order valence-corrected chi connectivity index (χ4v) is 2.50. The molecule has 2 heteroatoms. The van der Waals surface area contributed by atoms with Crippen molar-refractivity contribution < 1.29 is 4.74 Å². The largest absolute Gasteiger partial charge is 0.375 e. The fourth-order valence-electron chi connectivity index (χ4n) is 2.50. The van der Waals surface area contributed by atoms with Crippen LogP contribution in [-0.4, -0.2) is 18.8 Å². The van der Waals surface area contributed by atoms with Gasteiger partial charge in [0.2, 0.25) is 0 Å². The summed E-state index contributed by atoms with van der Waals surface area (Å²) >= 11 is 0. The van der Waals surface area contributed by atoms with Crippen LogP contribution in [0, 0.1) is 5.41 Å². The lowest BCUT2D eigenvalue weighted by atomic mass is 9.66. The molecule has 1 spiro atoms. The number of hydrogen-bond donors (Lipinski definition) is 1. The summed E-state index contributed by atoms with van der Waals surface area (Å²) < 4.78 is 5.84. The van der Waals surface area contributed by atoms with Crippen LogP contribution in [-0.2, 0) is 4.74 Å². The van der Waals surface area contributed by atoms with Crippen molar-refractivity contribution in [3.63, 3.8) is 0 Å². The molecule has 0 amide bonds. The summed E-state index contributed by atoms with van der Waals surface area (Å²) in [5.41, 5.74) is 6.40. The van der Waals surface area contributed by atoms with Gasteiger partial charge in [-0.25, -0.2) is 0 Å². The monoisotopic (exact) mass is 169 g/mol. The van der Waals surface area contributed by atoms with E-state index in [2.05, 4.69) is 6.92 Å². The van der Waals surface area contributed by atoms with Crippen LogP contribution in [0.2, 0.25) is 0 Å². The van der Waals surface area contributed by atoms with E-state index in [0.717, 1.165) is 19.6 Å². The maximum absolute atomic E-state index is 5.84. The molecule has 0 aromatic rings. The van der Waals surface area contributed by atoms with Crippen molar-refractivity contribution >= 4 is 0 Å². The molecule has 0 aromatic carbocycles. The number of hydrogen-bond acceptors (Lipinski definition) is 2. The molecule has 2 rings (SSSR count). The lowest BCUT2D eigenvalue weighted by Crippen LogP contribution is -2.50. The van der Waals surface area contributed by atoms with E-state index in [9.17, 15) is 0 Å². The van der Waals surface area contributed by atoms with Crippen LogP contribution < -0.4 is 5.73 Å². The van der Waals surface area contributed by atoms with Crippen molar-refractivity contribution in [2.24, 2.45) is 11.1 Å². The highest BCUT2D eigenvalue weighted by Crippen LogP contribution is 2.48. The molecule has 70 valence electrons. The molecule has 12 heavy (non-hydrogen) atoms. The lowest BCUT2D eigenvalue weighted by molar-refractivity contribution is -0.161. The Kier molecular flexibility index (Phi) is 1.92. The van der Waals surface area contributed by atoms with E-state index >= 15 is 0 Å². The van der Waals surface area contributed by atoms with Gasteiger partial charge in [0, 0.05) is 6.61 Å². The Morgan fingerprint density at radius 3 is 2.58 bits per heavy atom. The lowest BCUT2D eigenvalue weighted by Gasteiger charge is -2.51. The highest BCUT2D eigenvalue weighted by molar-refractivity contribution is 4.98. The van der Waals surface area contributed by atoms with Gasteiger partial charge in [-0.05, 0) is 44.1 Å². The smallest absolute Gasteiger partial charge is 0.0688 e. The van der Waals surface area contributed by atoms with E-state index in [4.69, 9.17) is 10.5 Å². The molecule has 1 saturated heterocycles. The van der Waals surface area contributed by atoms with Crippen molar-refractivity contribution in [3.8, 4) is 0 Å². The quantitative estimate of drug-likeness (QED) is 0.648. The third-order valence-corrected chi connectivity index (χ3v) is 3.62. The Balaban J connectivity index is 2.03. The highest BCUT2D eigenvalue weighted by atomic mass is 16.5. The second-order valence-electron chi connectivity index (χ2n) is 4.83. The molecule has 2 fully saturated rings. The molecule has 1 aliphatic carbocycles. The van der Waals surface area contributed by atoms with E-state index < -0.39 is 0 Å². The molecule has 0 aromatic heterocycles. The number of rotatable bonds is 1. The van der Waals surface area contributed by atoms with Crippen LogP contribution in [0.1, 0.15) is 39.0 Å². The van der Waals surface area contributed by atoms with E-state index in [1.807, 2.05) is 0 Å². The van der Waals surface area contributed by atoms with Gasteiger partial charge in [0.1, 0.15) is 0 Å². The van der Waals surface area contributed by atoms with E-state index in [0.29, 0.717) is 5.41 Å². The van der Waals surface area contributed by atoms with Gasteiger partial charge in [-0.2, -0.15) is 0 Å². The summed E-state index contributed by atoms with van der Waals surface area (Å²) in [5, 5.41) is 0. The maximum atomic E-state index is 5.84. The van der Waals surface area contributed by atoms with E-state index in [-0.39, 0.29) is 5.60 Å². The standard InChI is InChI=1S/C10H19NO/c1-9(8-11)5-6-12-10(7-9)3-2-4-10/h2-8,11H2,1H3/t9-/m1/s1. The molecule has 1 saturated carbocycles. The van der Waals surface area contributed by atoms with Gasteiger partial charge in [-0.3, -0.25) is 0 Å². The molecular formula is C10H19NO. The predicted octanol–water partition coefficient (Wildman–Crippen LogP) is 1.68. The van der Waals surface area contributed by atoms with Crippen LogP contribution in [0.25, 0.3) is 0 Å². The first-order valence-electron chi connectivity index (χ1n) is 5.02. The first kappa shape index (κ1) is 8.52. The van der Waals surface area contributed by atoms with E-state index in [1.54, 1.807) is 0 Å². The van der Waals surface area contributed by atoms with Crippen LogP contribution in [0.5, 0.6) is 0 Å². The van der Waals surface area contributed by atoms with Gasteiger partial charge in [0.25, 0.3) is 0 Å². The third kappa shape index (κ3) is 1.27. The van der Waals surface area contributed by atoms with Gasteiger partial charge in [-0.1, -0.05) is 6.92 Å². The second-order valence-corrected chi connectivity index (χ2v) is 4.83. The zero-order valence-electron chi connectivity index (χ0n) is 7.94. The minimum atomic E-state index is 0.256. The molecule has 0 radical (unpaired) electrons. The molecular weight excluding hydrogens is 150 g/mol. The molecule has 1 heterocycles. The summed E-state index contributed by atoms with van der Waals surface area (Å²) in [7, 11) is 0. The Morgan fingerprint density at radius 2 is 2.08 bits per heavy atom. The zero-order chi connectivity index (χ0) is 8.66. The van der Waals surface area contributed by atoms with Crippen LogP contribution in [0.4, 0.5) is 0 Å². The van der Waals surface area contributed by atoms with Crippen molar-refractivity contribution in [1.29, 1.82) is 0 Å². The highest BCUT2D eigenvalue weighted by Gasteiger charge is 2.46. The first-order valence-corrected chi connectivity index (χ1v) is 5.02. The first-order chi connectivity index (χ1) is 5.68. The van der Waals surface area contributed by atoms with Crippen LogP contribution in [0.15, 0.2) is 0 Å². The Hall–Kier alpha value is -0.0800. The maximum Gasteiger partial charge on any atom is 0.0688 e. The average molecular weight is 169 g/mol. The molecule has 2 nitrogen and oxygen atoms in total. The van der Waals surface area contributed by atoms with Gasteiger partial charge < -0.3 is 10.5 Å². The van der Waals surface area contributed by atoms with Gasteiger partial charge in [0.15, 0.2) is 0 Å². The summed E-state index contributed by atoms with van der Waals surface area (Å²) in [6.07, 6.45) is 6.22. The normalized spacial score (nSPS) is 39.5. The number of nitrogens with two attached hydrogens (primary N) is 1. The van der Waals surface area contributed by atoms with Gasteiger partial charge >= 0.3 is 0 Å². The Labute approximate surface area is 74.5 Å². The van der Waals surface area contributed by atoms with Crippen molar-refractivity contribution in [1.82, 2.24) is 0 Å². The Morgan fingerprint density at radius 1 is 1.33 bits per heavy atom. The summed E-state index contributed by atoms with van der Waals surface area (Å²) in [4.78, 5) is 0. The molecule has 1 atom stereocenters. The molecule has 1 aliphatic heterocycles. The fraction of sp³-hybridized carbons (Fsp3) is 1.00. The zero-order valence-corrected chi connectivity index (χ0v) is 7.94. The topological polar surface area (TPSA) is 35.2 Å². The summed E-state index contributed by atoms with van der Waals surface area (Å²) in [6, 6.07) is 0. The van der Waals surface area contributed by atoms with Crippen LogP contribution >= 0.6 is 0 Å². The molecule has 2 aliphatic rings. The molecule has 2 N–H and O–H groups in total. The second kappa shape index (κ2) is 2.71. The Bertz CT molecular complexity index is 167. The van der Waals surface area contributed by atoms with Gasteiger partial charge in [-0.15, -0.1) is 0 Å². The van der Waals surface area contributed by atoms with Gasteiger partial charge in [0.05, 0.1) is 5.60 Å². The summed E-state index contributed by atoms with van der Waals surface area (Å²) in [6.45, 7) is 4.04. The average Bonchev–Trinajstić information content (AvgIpc) is 2.02. The van der Waals surface area contributed by atoms with Crippen molar-refractivity contribution in [2.75, 3.05) is 13.2 Å². The summed E-state index contributed by atoms with van der Waals surface area (Å²) in [5.74, 6) is 0. The predicted molar refractivity (Wildman–Crippen MR) is 48.9 cm³/mol. The van der Waals surface area contributed by atoms with Crippen LogP contribution in [0.3, 0.4) is 0 Å². The number of ether oxygens (including phenoxy) is 1. The minimum absolute atomic E-state index is 0.256. The van der Waals surface area contributed by atoms with Crippen molar-refractivity contribution in [3.05, 3.63) is 0 Å². The van der Waals surface area contributed by atoms with E-state index in [1.165, 1.54) is 25.7 Å². The molecule has 0 unspecified atom stereocenters. The minimum Gasteiger partial charge on any atom is -0.375 e. The third-order valence-electron chi connectivity index (χ3n) is 3.62. The SMILES string of the molecule is C[C@@]1(CN)CCOC2(CCC2)C1. The molecule has 0 bridgehead atoms. The van der Waals surface area contributed by atoms with Crippen molar-refractivity contribution in [2.45, 2.75) is 44.6 Å².